The SMILES string of the molecule is C[C@]12CC(O)[C@@]3(F)[C@@H](CCC4=CC(=O)CC[C@@]43C)[C@@H]1CC[C@@H]2C(=O)C(=O)O. The number of rotatable bonds is 2. The molecule has 2 N–H and O–H groups in total. The first-order valence-electron chi connectivity index (χ1n) is 9.93. The first-order valence-corrected chi connectivity index (χ1v) is 9.93. The van der Waals surface area contributed by atoms with Gasteiger partial charge in [-0.3, -0.25) is 9.59 Å². The summed E-state index contributed by atoms with van der Waals surface area (Å²) in [5.74, 6) is -3.46. The monoisotopic (exact) mass is 378 g/mol. The van der Waals surface area contributed by atoms with Gasteiger partial charge in [-0.25, -0.2) is 9.18 Å². The predicted molar refractivity (Wildman–Crippen MR) is 94.6 cm³/mol. The number of carbonyl (C=O) groups excluding carboxylic acids is 2. The number of fused-ring (bicyclic) bond motifs is 5. The van der Waals surface area contributed by atoms with Crippen molar-refractivity contribution >= 4 is 17.5 Å². The number of carboxylic acid groups (broad SMARTS) is 1. The van der Waals surface area contributed by atoms with Crippen molar-refractivity contribution in [2.45, 2.75) is 70.6 Å². The highest BCUT2D eigenvalue weighted by atomic mass is 19.1. The first-order chi connectivity index (χ1) is 12.6. The van der Waals surface area contributed by atoms with Gasteiger partial charge in [0.1, 0.15) is 5.67 Å². The van der Waals surface area contributed by atoms with Gasteiger partial charge in [0, 0.05) is 23.7 Å². The summed E-state index contributed by atoms with van der Waals surface area (Å²) >= 11 is 0. The molecule has 1 unspecified atom stereocenters. The van der Waals surface area contributed by atoms with Gasteiger partial charge in [0.2, 0.25) is 5.78 Å². The Labute approximate surface area is 158 Å². The van der Waals surface area contributed by atoms with Crippen molar-refractivity contribution < 1.29 is 29.0 Å². The van der Waals surface area contributed by atoms with Gasteiger partial charge in [0.25, 0.3) is 0 Å². The van der Waals surface area contributed by atoms with Crippen molar-refractivity contribution in [3.63, 3.8) is 0 Å². The molecule has 0 heterocycles. The summed E-state index contributed by atoms with van der Waals surface area (Å²) in [6, 6.07) is 0. The minimum absolute atomic E-state index is 0.0210. The summed E-state index contributed by atoms with van der Waals surface area (Å²) in [7, 11) is 0. The minimum atomic E-state index is -1.84. The van der Waals surface area contributed by atoms with Crippen LogP contribution in [-0.2, 0) is 14.4 Å². The standard InChI is InChI=1S/C21H27FO5/c1-19-10-16(24)21(22)14(13(19)5-6-15(19)17(25)18(26)27)4-3-11-9-12(23)7-8-20(11,21)2/h9,13-16,24H,3-8,10H2,1-2H3,(H,26,27)/t13-,14-,15+,16?,19-,20-,21-/m0/s1. The van der Waals surface area contributed by atoms with E-state index in [1.807, 2.05) is 13.8 Å². The zero-order valence-electron chi connectivity index (χ0n) is 15.8. The van der Waals surface area contributed by atoms with Crippen molar-refractivity contribution in [3.05, 3.63) is 11.6 Å². The molecule has 6 heteroatoms. The number of hydrogen-bond donors (Lipinski definition) is 2. The lowest BCUT2D eigenvalue weighted by molar-refractivity contribution is -0.208. The molecule has 0 aromatic carbocycles. The molecule has 0 bridgehead atoms. The van der Waals surface area contributed by atoms with Gasteiger partial charge in [-0.15, -0.1) is 0 Å². The molecule has 3 fully saturated rings. The van der Waals surface area contributed by atoms with Crippen LogP contribution < -0.4 is 0 Å². The van der Waals surface area contributed by atoms with E-state index >= 15 is 4.39 Å². The van der Waals surface area contributed by atoms with E-state index in [1.165, 1.54) is 0 Å². The average Bonchev–Trinajstić information content (AvgIpc) is 2.93. The highest BCUT2D eigenvalue weighted by molar-refractivity contribution is 6.33. The highest BCUT2D eigenvalue weighted by Crippen LogP contribution is 2.69. The fourth-order valence-electron chi connectivity index (χ4n) is 7.15. The molecule has 0 spiro atoms. The third-order valence-corrected chi connectivity index (χ3v) is 8.57. The lowest BCUT2D eigenvalue weighted by atomic mass is 9.44. The lowest BCUT2D eigenvalue weighted by Crippen LogP contribution is -2.67. The molecule has 0 aromatic heterocycles. The van der Waals surface area contributed by atoms with E-state index < -0.39 is 46.2 Å². The van der Waals surface area contributed by atoms with Crippen LogP contribution in [0, 0.1) is 28.6 Å². The van der Waals surface area contributed by atoms with Crippen LogP contribution in [0.5, 0.6) is 0 Å². The lowest BCUT2D eigenvalue weighted by Gasteiger charge is -2.62. The molecule has 3 saturated carbocycles. The van der Waals surface area contributed by atoms with Crippen LogP contribution in [0.4, 0.5) is 4.39 Å². The van der Waals surface area contributed by atoms with Crippen LogP contribution in [0.3, 0.4) is 0 Å². The van der Waals surface area contributed by atoms with Crippen molar-refractivity contribution in [1.82, 2.24) is 0 Å². The average molecular weight is 378 g/mol. The second kappa shape index (κ2) is 5.72. The molecule has 5 nitrogen and oxygen atoms in total. The Hall–Kier alpha value is -1.56. The predicted octanol–water partition coefficient (Wildman–Crippen LogP) is 2.85. The smallest absolute Gasteiger partial charge is 0.372 e. The maximum absolute atomic E-state index is 16.7. The largest absolute Gasteiger partial charge is 0.475 e. The van der Waals surface area contributed by atoms with E-state index in [0.29, 0.717) is 32.1 Å². The quantitative estimate of drug-likeness (QED) is 0.721. The molecule has 27 heavy (non-hydrogen) atoms. The van der Waals surface area contributed by atoms with Crippen molar-refractivity contribution in [2.24, 2.45) is 28.6 Å². The van der Waals surface area contributed by atoms with Crippen LogP contribution in [0.1, 0.15) is 58.8 Å². The second-order valence-electron chi connectivity index (χ2n) is 9.51. The van der Waals surface area contributed by atoms with Gasteiger partial charge in [-0.2, -0.15) is 0 Å². The summed E-state index contributed by atoms with van der Waals surface area (Å²) < 4.78 is 16.7. The molecule has 0 saturated heterocycles. The molecule has 4 rings (SSSR count). The van der Waals surface area contributed by atoms with Crippen LogP contribution in [0.25, 0.3) is 0 Å². The third kappa shape index (κ3) is 2.22. The van der Waals surface area contributed by atoms with Gasteiger partial charge in [-0.1, -0.05) is 19.4 Å². The van der Waals surface area contributed by atoms with E-state index in [-0.39, 0.29) is 24.5 Å². The van der Waals surface area contributed by atoms with Crippen molar-refractivity contribution in [2.75, 3.05) is 0 Å². The topological polar surface area (TPSA) is 91.7 Å². The van der Waals surface area contributed by atoms with E-state index in [2.05, 4.69) is 0 Å². The molecule has 0 radical (unpaired) electrons. The summed E-state index contributed by atoms with van der Waals surface area (Å²) in [5, 5.41) is 20.2. The molecule has 4 aliphatic carbocycles. The second-order valence-corrected chi connectivity index (χ2v) is 9.51. The van der Waals surface area contributed by atoms with E-state index in [1.54, 1.807) is 6.08 Å². The van der Waals surface area contributed by atoms with Crippen LogP contribution >= 0.6 is 0 Å². The molecule has 4 aliphatic rings. The van der Waals surface area contributed by atoms with Gasteiger partial charge < -0.3 is 10.2 Å². The molecule has 0 aliphatic heterocycles. The molecule has 148 valence electrons. The fourth-order valence-corrected chi connectivity index (χ4v) is 7.15. The van der Waals surface area contributed by atoms with Crippen molar-refractivity contribution in [1.29, 1.82) is 0 Å². The molecular formula is C21H27FO5. The van der Waals surface area contributed by atoms with Gasteiger partial charge in [-0.05, 0) is 55.9 Å². The number of allylic oxidation sites excluding steroid dienone is 1. The van der Waals surface area contributed by atoms with E-state index in [9.17, 15) is 24.6 Å². The van der Waals surface area contributed by atoms with E-state index in [4.69, 9.17) is 0 Å². The molecule has 0 aromatic rings. The van der Waals surface area contributed by atoms with Gasteiger partial charge >= 0.3 is 5.97 Å². The first kappa shape index (κ1) is 18.8. The number of alkyl halides is 1. The number of ketones is 2. The number of Topliss-reactive ketones (excluding diaryl/α,β-unsaturated/α-hetero) is 1. The number of hydrogen-bond acceptors (Lipinski definition) is 4. The van der Waals surface area contributed by atoms with Crippen LogP contribution in [-0.4, -0.2) is 39.5 Å². The maximum atomic E-state index is 16.7. The normalized spacial score (nSPS) is 48.9. The number of aliphatic hydroxyl groups excluding tert-OH is 1. The Morgan fingerprint density at radius 3 is 2.52 bits per heavy atom. The Morgan fingerprint density at radius 2 is 1.85 bits per heavy atom. The molecule has 0 amide bonds. The van der Waals surface area contributed by atoms with Crippen molar-refractivity contribution in [3.8, 4) is 0 Å². The van der Waals surface area contributed by atoms with Gasteiger partial charge in [0.05, 0.1) is 6.10 Å². The summed E-state index contributed by atoms with van der Waals surface area (Å²) in [4.78, 5) is 35.4. The zero-order chi connectivity index (χ0) is 19.8. The van der Waals surface area contributed by atoms with E-state index in [0.717, 1.165) is 5.57 Å². The Morgan fingerprint density at radius 1 is 1.15 bits per heavy atom. The Bertz CT molecular complexity index is 760. The van der Waals surface area contributed by atoms with Crippen LogP contribution in [0.15, 0.2) is 11.6 Å². The number of halogens is 1. The minimum Gasteiger partial charge on any atom is -0.475 e. The zero-order valence-corrected chi connectivity index (χ0v) is 15.8. The Kier molecular flexibility index (Phi) is 3.98. The van der Waals surface area contributed by atoms with Crippen LogP contribution in [0.2, 0.25) is 0 Å². The molecular weight excluding hydrogens is 351 g/mol. The van der Waals surface area contributed by atoms with Gasteiger partial charge in [0.15, 0.2) is 5.78 Å². The molecule has 7 atom stereocenters. The number of carbonyl (C=O) groups is 3. The highest BCUT2D eigenvalue weighted by Gasteiger charge is 2.71. The number of carboxylic acids is 1. The fraction of sp³-hybridized carbons (Fsp3) is 0.762. The third-order valence-electron chi connectivity index (χ3n) is 8.57. The maximum Gasteiger partial charge on any atom is 0.372 e. The number of aliphatic hydroxyl groups is 1. The summed E-state index contributed by atoms with van der Waals surface area (Å²) in [6.45, 7) is 3.69. The summed E-state index contributed by atoms with van der Waals surface area (Å²) in [5.41, 5.74) is -2.61. The Balaban J connectivity index is 1.76. The summed E-state index contributed by atoms with van der Waals surface area (Å²) in [6.07, 6.45) is 3.26. The number of aliphatic carboxylic acids is 1.